The Morgan fingerprint density at radius 2 is 1.88 bits per heavy atom. The van der Waals surface area contributed by atoms with Crippen LogP contribution in [-0.4, -0.2) is 22.9 Å². The van der Waals surface area contributed by atoms with Gasteiger partial charge in [-0.05, 0) is 29.0 Å². The van der Waals surface area contributed by atoms with Gasteiger partial charge in [-0.2, -0.15) is 0 Å². The molecule has 0 aliphatic rings. The Balaban J connectivity index is 1.60. The molecule has 0 saturated carbocycles. The summed E-state index contributed by atoms with van der Waals surface area (Å²) in [6.07, 6.45) is 3.14. The number of benzene rings is 2. The maximum Gasteiger partial charge on any atom is 0.230 e. The van der Waals surface area contributed by atoms with Gasteiger partial charge in [-0.1, -0.05) is 36.4 Å². The van der Waals surface area contributed by atoms with Gasteiger partial charge in [0.05, 0.1) is 12.4 Å². The zero-order chi connectivity index (χ0) is 18.4. The lowest BCUT2D eigenvalue weighted by Crippen LogP contribution is -2.92. The van der Waals surface area contributed by atoms with Gasteiger partial charge in [0.1, 0.15) is 12.6 Å². The van der Waals surface area contributed by atoms with Crippen molar-refractivity contribution < 1.29 is 20.0 Å². The van der Waals surface area contributed by atoms with Gasteiger partial charge < -0.3 is 20.5 Å². The average Bonchev–Trinajstić information content (AvgIpc) is 2.65. The Hall–Kier alpha value is -3.25. The summed E-state index contributed by atoms with van der Waals surface area (Å²) in [6.45, 7) is 0.412. The van der Waals surface area contributed by atoms with Crippen molar-refractivity contribution in [1.82, 2.24) is 4.98 Å². The summed E-state index contributed by atoms with van der Waals surface area (Å²) < 4.78 is 0. The van der Waals surface area contributed by atoms with Gasteiger partial charge in [-0.3, -0.25) is 9.78 Å². The fourth-order valence-corrected chi connectivity index (χ4v) is 2.74. The Kier molecular flexibility index (Phi) is 5.56. The number of fused-ring (bicyclic) bond motifs is 1. The van der Waals surface area contributed by atoms with E-state index >= 15 is 0 Å². The Morgan fingerprint density at radius 3 is 2.62 bits per heavy atom. The molecule has 3 rings (SSSR count). The van der Waals surface area contributed by atoms with E-state index in [-0.39, 0.29) is 12.3 Å². The molecule has 0 radical (unpaired) electrons. The summed E-state index contributed by atoms with van der Waals surface area (Å²) >= 11 is 0. The minimum Gasteiger partial charge on any atom is -0.544 e. The van der Waals surface area contributed by atoms with Crippen molar-refractivity contribution in [2.45, 2.75) is 19.0 Å². The molecule has 1 atom stereocenters. The molecule has 3 aromatic rings. The monoisotopic (exact) mass is 349 g/mol. The standard InChI is InChI=1S/C20H19N3O3/c24-19(23-17-8-7-15-5-1-2-6-16(15)10-17)11-18(20(25)26)22-13-14-4-3-9-21-12-14/h1-10,12,18,22H,11,13H2,(H,23,24)(H,25,26)/t18-/m1/s1. The number of carboxylic acids is 1. The second-order valence-electron chi connectivity index (χ2n) is 6.04. The van der Waals surface area contributed by atoms with Crippen molar-refractivity contribution in [1.29, 1.82) is 0 Å². The largest absolute Gasteiger partial charge is 0.544 e. The van der Waals surface area contributed by atoms with E-state index in [1.807, 2.05) is 42.5 Å². The van der Waals surface area contributed by atoms with Crippen LogP contribution in [0.3, 0.4) is 0 Å². The van der Waals surface area contributed by atoms with Crippen molar-refractivity contribution in [2.24, 2.45) is 0 Å². The molecule has 0 fully saturated rings. The third kappa shape index (κ3) is 4.64. The maximum atomic E-state index is 12.2. The van der Waals surface area contributed by atoms with Crippen molar-refractivity contribution >= 4 is 28.3 Å². The van der Waals surface area contributed by atoms with Gasteiger partial charge in [-0.15, -0.1) is 0 Å². The van der Waals surface area contributed by atoms with Crippen molar-refractivity contribution in [3.05, 3.63) is 72.6 Å². The highest BCUT2D eigenvalue weighted by Crippen LogP contribution is 2.18. The number of anilines is 1. The quantitative estimate of drug-likeness (QED) is 0.647. The van der Waals surface area contributed by atoms with Crippen LogP contribution in [-0.2, 0) is 16.1 Å². The van der Waals surface area contributed by atoms with Crippen molar-refractivity contribution in [2.75, 3.05) is 5.32 Å². The lowest BCUT2D eigenvalue weighted by molar-refractivity contribution is -0.697. The molecule has 0 aliphatic heterocycles. The third-order valence-corrected chi connectivity index (χ3v) is 4.10. The van der Waals surface area contributed by atoms with Crippen molar-refractivity contribution in [3.63, 3.8) is 0 Å². The van der Waals surface area contributed by atoms with Gasteiger partial charge in [0.25, 0.3) is 0 Å². The van der Waals surface area contributed by atoms with Crippen LogP contribution >= 0.6 is 0 Å². The summed E-state index contributed by atoms with van der Waals surface area (Å²) in [7, 11) is 0. The first-order valence-corrected chi connectivity index (χ1v) is 8.33. The van der Waals surface area contributed by atoms with E-state index in [0.29, 0.717) is 12.2 Å². The Morgan fingerprint density at radius 1 is 1.08 bits per heavy atom. The van der Waals surface area contributed by atoms with Crippen LogP contribution < -0.4 is 15.7 Å². The normalized spacial score (nSPS) is 11.8. The Labute approximate surface area is 150 Å². The van der Waals surface area contributed by atoms with Gasteiger partial charge in [0.15, 0.2) is 0 Å². The lowest BCUT2D eigenvalue weighted by Gasteiger charge is -2.16. The maximum absolute atomic E-state index is 12.2. The summed E-state index contributed by atoms with van der Waals surface area (Å²) in [5.41, 5.74) is 1.52. The Bertz CT molecular complexity index is 912. The first kappa shape index (κ1) is 17.6. The molecule has 3 N–H and O–H groups in total. The van der Waals surface area contributed by atoms with Crippen molar-refractivity contribution in [3.8, 4) is 0 Å². The van der Waals surface area contributed by atoms with Crippen LogP contribution in [0.4, 0.5) is 5.69 Å². The highest BCUT2D eigenvalue weighted by molar-refractivity contribution is 5.96. The molecule has 0 spiro atoms. The minimum absolute atomic E-state index is 0.171. The number of carbonyl (C=O) groups excluding carboxylic acids is 2. The number of hydrogen-bond acceptors (Lipinski definition) is 4. The number of carboxylic acid groups (broad SMARTS) is 1. The fourth-order valence-electron chi connectivity index (χ4n) is 2.74. The van der Waals surface area contributed by atoms with Gasteiger partial charge in [-0.25, -0.2) is 0 Å². The molecule has 26 heavy (non-hydrogen) atoms. The molecule has 0 unspecified atom stereocenters. The molecule has 0 aliphatic carbocycles. The van der Waals surface area contributed by atoms with Crippen LogP contribution in [0.1, 0.15) is 12.0 Å². The first-order chi connectivity index (χ1) is 12.6. The predicted octanol–water partition coefficient (Wildman–Crippen LogP) is 0.446. The third-order valence-electron chi connectivity index (χ3n) is 4.10. The highest BCUT2D eigenvalue weighted by Gasteiger charge is 2.18. The SMILES string of the molecule is O=C(C[C@@H]([NH2+]Cc1cccnc1)C(=O)[O-])Nc1ccc2ccccc2c1. The highest BCUT2D eigenvalue weighted by atomic mass is 16.4. The van der Waals surface area contributed by atoms with Gasteiger partial charge in [0, 0.05) is 23.6 Å². The molecule has 1 amide bonds. The average molecular weight is 349 g/mol. The van der Waals surface area contributed by atoms with E-state index in [9.17, 15) is 14.7 Å². The number of pyridine rings is 1. The topological polar surface area (TPSA) is 98.7 Å². The number of nitrogens with two attached hydrogens (primary N) is 1. The van der Waals surface area contributed by atoms with Crippen LogP contribution in [0.15, 0.2) is 67.0 Å². The second kappa shape index (κ2) is 8.22. The minimum atomic E-state index is -1.26. The van der Waals surface area contributed by atoms with Crippen LogP contribution in [0.5, 0.6) is 0 Å². The molecule has 6 heteroatoms. The predicted molar refractivity (Wildman–Crippen MR) is 95.9 cm³/mol. The van der Waals surface area contributed by atoms with Crippen LogP contribution in [0, 0.1) is 0 Å². The molecule has 6 nitrogen and oxygen atoms in total. The van der Waals surface area contributed by atoms with E-state index in [4.69, 9.17) is 0 Å². The molecule has 1 aromatic heterocycles. The number of quaternary nitrogens is 1. The molecular formula is C20H19N3O3. The second-order valence-corrected chi connectivity index (χ2v) is 6.04. The number of aliphatic carboxylic acids is 1. The number of amides is 1. The number of carbonyl (C=O) groups is 2. The number of nitrogens with one attached hydrogen (secondary N) is 1. The number of nitrogens with zero attached hydrogens (tertiary/aromatic N) is 1. The molecule has 2 aromatic carbocycles. The number of hydrogen-bond donors (Lipinski definition) is 2. The number of rotatable bonds is 7. The van der Waals surface area contributed by atoms with E-state index in [1.54, 1.807) is 29.8 Å². The smallest absolute Gasteiger partial charge is 0.230 e. The molecule has 0 bridgehead atoms. The fraction of sp³-hybridized carbons (Fsp3) is 0.150. The van der Waals surface area contributed by atoms with E-state index in [0.717, 1.165) is 16.3 Å². The summed E-state index contributed by atoms with van der Waals surface area (Å²) in [4.78, 5) is 27.6. The zero-order valence-electron chi connectivity index (χ0n) is 14.1. The zero-order valence-corrected chi connectivity index (χ0v) is 14.1. The molecule has 1 heterocycles. The summed E-state index contributed by atoms with van der Waals surface area (Å²) in [5, 5.41) is 17.8. The molecule has 0 saturated heterocycles. The van der Waals surface area contributed by atoms with Gasteiger partial charge >= 0.3 is 0 Å². The van der Waals surface area contributed by atoms with Gasteiger partial charge in [0.2, 0.25) is 5.91 Å². The lowest BCUT2D eigenvalue weighted by atomic mass is 10.1. The van der Waals surface area contributed by atoms with E-state index in [2.05, 4.69) is 10.3 Å². The summed E-state index contributed by atoms with van der Waals surface area (Å²) in [6, 6.07) is 16.1. The molecular weight excluding hydrogens is 330 g/mol. The molecule has 132 valence electrons. The van der Waals surface area contributed by atoms with Crippen LogP contribution in [0.2, 0.25) is 0 Å². The summed E-state index contributed by atoms with van der Waals surface area (Å²) in [5.74, 6) is -1.63. The van der Waals surface area contributed by atoms with E-state index < -0.39 is 12.0 Å². The first-order valence-electron chi connectivity index (χ1n) is 8.33. The van der Waals surface area contributed by atoms with E-state index in [1.165, 1.54) is 0 Å². The number of aromatic nitrogens is 1. The van der Waals surface area contributed by atoms with Crippen LogP contribution in [0.25, 0.3) is 10.8 Å².